The first-order chi connectivity index (χ1) is 9.52. The molecule has 0 amide bonds. The minimum Gasteiger partial charge on any atom is -0.314 e. The zero-order valence-corrected chi connectivity index (χ0v) is 14.8. The zero-order valence-electron chi connectivity index (χ0n) is 13.2. The van der Waals surface area contributed by atoms with Gasteiger partial charge in [-0.05, 0) is 54.1 Å². The van der Waals surface area contributed by atoms with Gasteiger partial charge in [0.15, 0.2) is 0 Å². The molecule has 1 saturated carbocycles. The van der Waals surface area contributed by atoms with Crippen molar-refractivity contribution in [2.45, 2.75) is 65.5 Å². The molecule has 0 aliphatic heterocycles. The molecule has 1 aromatic rings. The van der Waals surface area contributed by atoms with Crippen LogP contribution in [0, 0.1) is 11.8 Å². The van der Waals surface area contributed by atoms with Gasteiger partial charge in [0.05, 0.1) is 16.4 Å². The highest BCUT2D eigenvalue weighted by molar-refractivity contribution is 9.10. The smallest absolute Gasteiger partial charge is 0.0635 e. The second-order valence-corrected chi connectivity index (χ2v) is 7.40. The summed E-state index contributed by atoms with van der Waals surface area (Å²) in [6.45, 7) is 11.1. The van der Waals surface area contributed by atoms with Gasteiger partial charge in [0.2, 0.25) is 0 Å². The monoisotopic (exact) mass is 341 g/mol. The van der Waals surface area contributed by atoms with Crippen LogP contribution in [0.25, 0.3) is 0 Å². The molecule has 1 fully saturated rings. The van der Waals surface area contributed by atoms with E-state index in [0.717, 1.165) is 24.9 Å². The van der Waals surface area contributed by atoms with E-state index in [0.29, 0.717) is 12.0 Å². The van der Waals surface area contributed by atoms with Crippen LogP contribution < -0.4 is 5.32 Å². The largest absolute Gasteiger partial charge is 0.314 e. The number of nitrogens with zero attached hydrogens (tertiary/aromatic N) is 2. The molecule has 1 N–H and O–H groups in total. The van der Waals surface area contributed by atoms with E-state index in [1.165, 1.54) is 29.4 Å². The molecule has 0 radical (unpaired) electrons. The van der Waals surface area contributed by atoms with Gasteiger partial charge in [0.1, 0.15) is 0 Å². The summed E-state index contributed by atoms with van der Waals surface area (Å²) < 4.78 is 3.36. The summed E-state index contributed by atoms with van der Waals surface area (Å²) in [4.78, 5) is 0. The quantitative estimate of drug-likeness (QED) is 0.870. The Morgan fingerprint density at radius 3 is 2.85 bits per heavy atom. The van der Waals surface area contributed by atoms with Crippen LogP contribution in [0.4, 0.5) is 0 Å². The molecule has 1 aliphatic rings. The van der Waals surface area contributed by atoms with Gasteiger partial charge >= 0.3 is 0 Å². The molecule has 0 saturated heterocycles. The maximum Gasteiger partial charge on any atom is 0.0635 e. The predicted octanol–water partition coefficient (Wildman–Crippen LogP) is 4.18. The Bertz CT molecular complexity index is 427. The Hall–Kier alpha value is -0.350. The number of hydrogen-bond donors (Lipinski definition) is 1. The third-order valence-corrected chi connectivity index (χ3v) is 5.14. The molecule has 3 atom stereocenters. The number of aryl methyl sites for hydroxylation is 1. The number of nitrogens with one attached hydrogen (secondary N) is 1. The molecule has 20 heavy (non-hydrogen) atoms. The zero-order chi connectivity index (χ0) is 14.7. The van der Waals surface area contributed by atoms with Crippen molar-refractivity contribution in [1.82, 2.24) is 15.1 Å². The lowest BCUT2D eigenvalue weighted by Gasteiger charge is -2.36. The third-order valence-electron chi connectivity index (χ3n) is 4.53. The summed E-state index contributed by atoms with van der Waals surface area (Å²) in [5.74, 6) is 2.18. The molecule has 114 valence electrons. The lowest BCUT2D eigenvalue weighted by atomic mass is 9.73. The van der Waals surface area contributed by atoms with E-state index >= 15 is 0 Å². The van der Waals surface area contributed by atoms with E-state index in [4.69, 9.17) is 0 Å². The standard InChI is InChI=1S/C16H28BrN3/c1-5-20-16(15(17)10-19-20)14-8-12(4)6-7-13(14)9-18-11(2)3/h10-14,18H,5-9H2,1-4H3. The van der Waals surface area contributed by atoms with Crippen LogP contribution in [0.2, 0.25) is 0 Å². The average Bonchev–Trinajstić information content (AvgIpc) is 2.78. The van der Waals surface area contributed by atoms with E-state index in [-0.39, 0.29) is 0 Å². The van der Waals surface area contributed by atoms with E-state index in [1.54, 1.807) is 0 Å². The summed E-state index contributed by atoms with van der Waals surface area (Å²) >= 11 is 3.72. The Kier molecular flexibility index (Phi) is 5.67. The fourth-order valence-electron chi connectivity index (χ4n) is 3.40. The van der Waals surface area contributed by atoms with Crippen LogP contribution in [-0.4, -0.2) is 22.4 Å². The van der Waals surface area contributed by atoms with Crippen molar-refractivity contribution in [3.05, 3.63) is 16.4 Å². The normalized spacial score (nSPS) is 27.2. The molecule has 2 rings (SSSR count). The van der Waals surface area contributed by atoms with Gasteiger partial charge in [-0.2, -0.15) is 5.10 Å². The molecule has 3 nitrogen and oxygen atoms in total. The van der Waals surface area contributed by atoms with Crippen molar-refractivity contribution in [3.63, 3.8) is 0 Å². The van der Waals surface area contributed by atoms with Gasteiger partial charge in [-0.15, -0.1) is 0 Å². The van der Waals surface area contributed by atoms with Crippen molar-refractivity contribution in [2.75, 3.05) is 6.54 Å². The maximum atomic E-state index is 4.51. The third kappa shape index (κ3) is 3.64. The molecule has 0 bridgehead atoms. The maximum absolute atomic E-state index is 4.51. The van der Waals surface area contributed by atoms with Crippen LogP contribution >= 0.6 is 15.9 Å². The van der Waals surface area contributed by atoms with E-state index in [1.807, 2.05) is 6.20 Å². The Balaban J connectivity index is 2.20. The first-order valence-corrected chi connectivity index (χ1v) is 8.76. The van der Waals surface area contributed by atoms with Gasteiger partial charge in [0.25, 0.3) is 0 Å². The summed E-state index contributed by atoms with van der Waals surface area (Å²) in [7, 11) is 0. The Morgan fingerprint density at radius 2 is 2.20 bits per heavy atom. The Labute approximate surface area is 131 Å². The Morgan fingerprint density at radius 1 is 1.45 bits per heavy atom. The van der Waals surface area contributed by atoms with Gasteiger partial charge in [-0.3, -0.25) is 4.68 Å². The van der Waals surface area contributed by atoms with Crippen LogP contribution in [0.15, 0.2) is 10.7 Å². The van der Waals surface area contributed by atoms with Crippen LogP contribution in [0.1, 0.15) is 58.6 Å². The van der Waals surface area contributed by atoms with Crippen molar-refractivity contribution in [1.29, 1.82) is 0 Å². The summed E-state index contributed by atoms with van der Waals surface area (Å²) in [5.41, 5.74) is 1.41. The van der Waals surface area contributed by atoms with Crippen molar-refractivity contribution in [2.24, 2.45) is 11.8 Å². The molecule has 0 aromatic carbocycles. The molecule has 0 spiro atoms. The molecule has 4 heteroatoms. The minimum atomic E-state index is 0.564. The number of rotatable bonds is 5. The van der Waals surface area contributed by atoms with Gasteiger partial charge in [0, 0.05) is 18.5 Å². The lowest BCUT2D eigenvalue weighted by Crippen LogP contribution is -2.35. The second-order valence-electron chi connectivity index (χ2n) is 6.54. The highest BCUT2D eigenvalue weighted by Crippen LogP contribution is 2.42. The van der Waals surface area contributed by atoms with Crippen molar-refractivity contribution >= 4 is 15.9 Å². The SMILES string of the molecule is CCn1ncc(Br)c1C1CC(C)CCC1CNC(C)C. The molecule has 3 unspecified atom stereocenters. The summed E-state index contributed by atoms with van der Waals surface area (Å²) in [6, 6.07) is 0.564. The van der Waals surface area contributed by atoms with Gasteiger partial charge in [-0.1, -0.05) is 27.2 Å². The highest BCUT2D eigenvalue weighted by atomic mass is 79.9. The fraction of sp³-hybridized carbons (Fsp3) is 0.812. The van der Waals surface area contributed by atoms with Crippen molar-refractivity contribution < 1.29 is 0 Å². The van der Waals surface area contributed by atoms with E-state index in [9.17, 15) is 0 Å². The van der Waals surface area contributed by atoms with Crippen molar-refractivity contribution in [3.8, 4) is 0 Å². The first kappa shape index (κ1) is 16.0. The number of halogens is 1. The van der Waals surface area contributed by atoms with E-state index < -0.39 is 0 Å². The molecule has 1 aromatic heterocycles. The summed E-state index contributed by atoms with van der Waals surface area (Å²) in [6.07, 6.45) is 5.94. The minimum absolute atomic E-state index is 0.564. The number of hydrogen-bond acceptors (Lipinski definition) is 2. The average molecular weight is 342 g/mol. The van der Waals surface area contributed by atoms with Crippen LogP contribution in [0.3, 0.4) is 0 Å². The molecular formula is C16H28BrN3. The number of aromatic nitrogens is 2. The van der Waals surface area contributed by atoms with Gasteiger partial charge < -0.3 is 5.32 Å². The second kappa shape index (κ2) is 7.08. The first-order valence-electron chi connectivity index (χ1n) is 7.97. The highest BCUT2D eigenvalue weighted by Gasteiger charge is 2.33. The fourth-order valence-corrected chi connectivity index (χ4v) is 3.99. The lowest BCUT2D eigenvalue weighted by molar-refractivity contribution is 0.229. The van der Waals surface area contributed by atoms with Crippen LogP contribution in [-0.2, 0) is 6.54 Å². The molecule has 1 aliphatic carbocycles. The van der Waals surface area contributed by atoms with Crippen LogP contribution in [0.5, 0.6) is 0 Å². The topological polar surface area (TPSA) is 29.9 Å². The summed E-state index contributed by atoms with van der Waals surface area (Å²) in [5, 5.41) is 8.15. The molecule has 1 heterocycles. The van der Waals surface area contributed by atoms with E-state index in [2.05, 4.69) is 58.7 Å². The van der Waals surface area contributed by atoms with Gasteiger partial charge in [-0.25, -0.2) is 0 Å². The molecular weight excluding hydrogens is 314 g/mol. The predicted molar refractivity (Wildman–Crippen MR) is 88.0 cm³/mol.